The van der Waals surface area contributed by atoms with Gasteiger partial charge in [0.05, 0.1) is 5.75 Å². The number of thioether (sulfide) groups is 1. The number of piperazine rings is 1. The number of hydrogen-bond donors (Lipinski definition) is 1. The monoisotopic (exact) mass is 409 g/mol. The topological polar surface area (TPSA) is 96.0 Å². The van der Waals surface area contributed by atoms with E-state index in [1.54, 1.807) is 42.3 Å². The lowest BCUT2D eigenvalue weighted by Crippen LogP contribution is -2.56. The third-order valence-electron chi connectivity index (χ3n) is 3.85. The standard InChI is InChI=1S/C16H31N3O5S2/c1-6-26(22,23)17-13(7-12-25-5)14(20)18-8-10-19(11-9-18)15(21)24-16(2,3)4/h13,17H,6-12H2,1-5H3. The smallest absolute Gasteiger partial charge is 0.410 e. The minimum absolute atomic E-state index is 0.0670. The summed E-state index contributed by atoms with van der Waals surface area (Å²) in [6, 6.07) is -0.763. The zero-order valence-electron chi connectivity index (χ0n) is 16.3. The number of rotatable bonds is 7. The van der Waals surface area contributed by atoms with Gasteiger partial charge in [0.25, 0.3) is 0 Å². The predicted octanol–water partition coefficient (Wildman–Crippen LogP) is 1.13. The molecule has 0 radical (unpaired) electrons. The van der Waals surface area contributed by atoms with Gasteiger partial charge in [-0.1, -0.05) is 0 Å². The van der Waals surface area contributed by atoms with Crippen molar-refractivity contribution in [2.45, 2.75) is 45.8 Å². The maximum atomic E-state index is 12.8. The molecule has 1 aliphatic heterocycles. The van der Waals surface area contributed by atoms with Crippen molar-refractivity contribution < 1.29 is 22.7 Å². The highest BCUT2D eigenvalue weighted by Gasteiger charge is 2.32. The van der Waals surface area contributed by atoms with Crippen molar-refractivity contribution >= 4 is 33.8 Å². The fraction of sp³-hybridized carbons (Fsp3) is 0.875. The highest BCUT2D eigenvalue weighted by Crippen LogP contribution is 2.13. The molecule has 2 amide bonds. The normalized spacial score (nSPS) is 17.1. The van der Waals surface area contributed by atoms with Crippen LogP contribution in [0.25, 0.3) is 0 Å². The third kappa shape index (κ3) is 7.71. The molecular formula is C16H31N3O5S2. The molecule has 1 aliphatic rings. The molecule has 8 nitrogen and oxygen atoms in total. The number of hydrogen-bond acceptors (Lipinski definition) is 6. The highest BCUT2D eigenvalue weighted by molar-refractivity contribution is 7.98. The summed E-state index contributed by atoms with van der Waals surface area (Å²) < 4.78 is 31.6. The molecular weight excluding hydrogens is 378 g/mol. The molecule has 0 aromatic rings. The van der Waals surface area contributed by atoms with Crippen LogP contribution in [0.3, 0.4) is 0 Å². The van der Waals surface area contributed by atoms with Gasteiger partial charge in [0.2, 0.25) is 15.9 Å². The summed E-state index contributed by atoms with van der Waals surface area (Å²) >= 11 is 1.56. The maximum absolute atomic E-state index is 12.8. The lowest BCUT2D eigenvalue weighted by Gasteiger charge is -2.37. The molecule has 0 saturated carbocycles. The number of carbonyl (C=O) groups is 2. The highest BCUT2D eigenvalue weighted by atomic mass is 32.2. The Morgan fingerprint density at radius 3 is 2.15 bits per heavy atom. The molecule has 26 heavy (non-hydrogen) atoms. The van der Waals surface area contributed by atoms with Gasteiger partial charge < -0.3 is 14.5 Å². The summed E-state index contributed by atoms with van der Waals surface area (Å²) in [6.45, 7) is 8.43. The van der Waals surface area contributed by atoms with Gasteiger partial charge in [-0.15, -0.1) is 0 Å². The fourth-order valence-corrected chi connectivity index (χ4v) is 3.72. The number of sulfonamides is 1. The van der Waals surface area contributed by atoms with Gasteiger partial charge in [-0.3, -0.25) is 4.79 Å². The Hall–Kier alpha value is -1.00. The van der Waals surface area contributed by atoms with E-state index in [0.717, 1.165) is 0 Å². The Kier molecular flexibility index (Phi) is 8.68. The van der Waals surface area contributed by atoms with Crippen LogP contribution in [-0.2, 0) is 19.6 Å². The van der Waals surface area contributed by atoms with Crippen LogP contribution in [0.1, 0.15) is 34.1 Å². The predicted molar refractivity (Wildman–Crippen MR) is 104 cm³/mol. The summed E-state index contributed by atoms with van der Waals surface area (Å²) in [5.74, 6) is 0.378. The molecule has 0 aliphatic carbocycles. The minimum Gasteiger partial charge on any atom is -0.444 e. The summed E-state index contributed by atoms with van der Waals surface area (Å²) in [5.41, 5.74) is -0.564. The first-order valence-corrected chi connectivity index (χ1v) is 11.8. The molecule has 0 aromatic carbocycles. The Labute approximate surface area is 161 Å². The van der Waals surface area contributed by atoms with Crippen LogP contribution >= 0.6 is 11.8 Å². The van der Waals surface area contributed by atoms with Crippen LogP contribution in [-0.4, -0.2) is 85.8 Å². The zero-order chi connectivity index (χ0) is 20.0. The number of nitrogens with one attached hydrogen (secondary N) is 1. The minimum atomic E-state index is -3.47. The van der Waals surface area contributed by atoms with E-state index in [1.807, 2.05) is 6.26 Å². The molecule has 0 bridgehead atoms. The van der Waals surface area contributed by atoms with Gasteiger partial charge in [0.15, 0.2) is 0 Å². The number of ether oxygens (including phenoxy) is 1. The van der Waals surface area contributed by atoms with Crippen LogP contribution < -0.4 is 4.72 Å². The average Bonchev–Trinajstić information content (AvgIpc) is 2.56. The summed E-state index contributed by atoms with van der Waals surface area (Å²) in [5, 5.41) is 0. The van der Waals surface area contributed by atoms with Crippen molar-refractivity contribution in [3.63, 3.8) is 0 Å². The van der Waals surface area contributed by atoms with E-state index in [-0.39, 0.29) is 11.7 Å². The molecule has 1 heterocycles. The summed E-state index contributed by atoms with van der Waals surface area (Å²) in [4.78, 5) is 28.0. The second-order valence-corrected chi connectivity index (χ2v) is 10.2. The van der Waals surface area contributed by atoms with E-state index in [1.165, 1.54) is 6.92 Å². The summed E-state index contributed by atoms with van der Waals surface area (Å²) in [6.07, 6.45) is 1.95. The first-order chi connectivity index (χ1) is 12.0. The molecule has 152 valence electrons. The second-order valence-electron chi connectivity index (χ2n) is 7.15. The van der Waals surface area contributed by atoms with Crippen molar-refractivity contribution in [3.8, 4) is 0 Å². The molecule has 1 rings (SSSR count). The fourth-order valence-electron chi connectivity index (χ4n) is 2.42. The molecule has 1 fully saturated rings. The molecule has 1 saturated heterocycles. The van der Waals surface area contributed by atoms with Gasteiger partial charge in [0, 0.05) is 26.2 Å². The Bertz CT molecular complexity index is 581. The molecule has 1 unspecified atom stereocenters. The van der Waals surface area contributed by atoms with Gasteiger partial charge in [-0.2, -0.15) is 11.8 Å². The van der Waals surface area contributed by atoms with Crippen LogP contribution in [0.2, 0.25) is 0 Å². The first-order valence-electron chi connectivity index (χ1n) is 8.74. The SMILES string of the molecule is CCS(=O)(=O)NC(CCSC)C(=O)N1CCN(C(=O)OC(C)(C)C)CC1. The van der Waals surface area contributed by atoms with Crippen molar-refractivity contribution in [1.29, 1.82) is 0 Å². The van der Waals surface area contributed by atoms with Crippen molar-refractivity contribution in [2.75, 3.05) is 43.9 Å². The van der Waals surface area contributed by atoms with Crippen molar-refractivity contribution in [3.05, 3.63) is 0 Å². The van der Waals surface area contributed by atoms with Gasteiger partial charge in [0.1, 0.15) is 11.6 Å². The number of amides is 2. The Balaban J connectivity index is 2.67. The quantitative estimate of drug-likeness (QED) is 0.677. The largest absolute Gasteiger partial charge is 0.444 e. The summed E-state index contributed by atoms with van der Waals surface area (Å²) in [7, 11) is -3.47. The van der Waals surface area contributed by atoms with Gasteiger partial charge in [-0.05, 0) is 46.1 Å². The lowest BCUT2D eigenvalue weighted by atomic mass is 10.2. The molecule has 10 heteroatoms. The van der Waals surface area contributed by atoms with Crippen LogP contribution in [0.15, 0.2) is 0 Å². The average molecular weight is 410 g/mol. The van der Waals surface area contributed by atoms with E-state index >= 15 is 0 Å². The maximum Gasteiger partial charge on any atom is 0.410 e. The van der Waals surface area contributed by atoms with E-state index in [2.05, 4.69) is 4.72 Å². The first kappa shape index (κ1) is 23.0. The van der Waals surface area contributed by atoms with Crippen molar-refractivity contribution in [2.24, 2.45) is 0 Å². The van der Waals surface area contributed by atoms with Crippen molar-refractivity contribution in [1.82, 2.24) is 14.5 Å². The van der Waals surface area contributed by atoms with E-state index in [9.17, 15) is 18.0 Å². The third-order valence-corrected chi connectivity index (χ3v) is 5.90. The lowest BCUT2D eigenvalue weighted by molar-refractivity contribution is -0.134. The van der Waals surface area contributed by atoms with E-state index in [0.29, 0.717) is 38.4 Å². The van der Waals surface area contributed by atoms with Crippen LogP contribution in [0, 0.1) is 0 Å². The second kappa shape index (κ2) is 9.80. The molecule has 0 aromatic heterocycles. The van der Waals surface area contributed by atoms with Gasteiger partial charge in [-0.25, -0.2) is 17.9 Å². The number of nitrogens with zero attached hydrogens (tertiary/aromatic N) is 2. The number of carbonyl (C=O) groups excluding carboxylic acids is 2. The van der Waals surface area contributed by atoms with Crippen LogP contribution in [0.5, 0.6) is 0 Å². The Morgan fingerprint density at radius 2 is 1.69 bits per heavy atom. The molecule has 1 atom stereocenters. The zero-order valence-corrected chi connectivity index (χ0v) is 17.9. The molecule has 1 N–H and O–H groups in total. The van der Waals surface area contributed by atoms with Gasteiger partial charge >= 0.3 is 6.09 Å². The molecule has 0 spiro atoms. The van der Waals surface area contributed by atoms with E-state index in [4.69, 9.17) is 4.74 Å². The van der Waals surface area contributed by atoms with Crippen LogP contribution in [0.4, 0.5) is 4.79 Å². The Morgan fingerprint density at radius 1 is 1.15 bits per heavy atom. The van der Waals surface area contributed by atoms with E-state index < -0.39 is 27.8 Å².